The third-order valence-corrected chi connectivity index (χ3v) is 2.57. The number of hydrogen-bond acceptors (Lipinski definition) is 4. The van der Waals surface area contributed by atoms with Crippen LogP contribution < -0.4 is 5.32 Å². The van der Waals surface area contributed by atoms with Crippen molar-refractivity contribution in [2.45, 2.75) is 13.0 Å². The van der Waals surface area contributed by atoms with Crippen molar-refractivity contribution in [1.82, 2.24) is 15.1 Å². The number of nitrogens with zero attached hydrogens (tertiary/aromatic N) is 2. The Bertz CT molecular complexity index is 505. The number of aromatic nitrogens is 2. The summed E-state index contributed by atoms with van der Waals surface area (Å²) in [7, 11) is 1.63. The number of rotatable bonds is 7. The first-order valence-corrected chi connectivity index (χ1v) is 6.13. The highest BCUT2D eigenvalue weighted by Gasteiger charge is 2.10. The summed E-state index contributed by atoms with van der Waals surface area (Å²) in [5.74, 6) is 0.813. The quantitative estimate of drug-likeness (QED) is 0.764. The molecule has 2 aromatic heterocycles. The zero-order valence-electron chi connectivity index (χ0n) is 10.8. The van der Waals surface area contributed by atoms with Gasteiger partial charge in [-0.25, -0.2) is 0 Å². The fourth-order valence-corrected chi connectivity index (χ4v) is 1.64. The van der Waals surface area contributed by atoms with Crippen molar-refractivity contribution in [3.8, 4) is 0 Å². The standard InChI is InChI=1S/C13H17N3O3/c1-18-9-3-6-14-13(17)12-5-4-11(19-12)10-16-8-2-7-15-16/h2,4-5,7-8H,3,6,9-10H2,1H3,(H,14,17). The Hall–Kier alpha value is -2.08. The van der Waals surface area contributed by atoms with Crippen molar-refractivity contribution in [3.63, 3.8) is 0 Å². The molecule has 0 atom stereocenters. The average Bonchev–Trinajstić information content (AvgIpc) is 3.06. The summed E-state index contributed by atoms with van der Waals surface area (Å²) >= 11 is 0. The van der Waals surface area contributed by atoms with Crippen molar-refractivity contribution < 1.29 is 13.9 Å². The van der Waals surface area contributed by atoms with Gasteiger partial charge in [-0.1, -0.05) is 0 Å². The molecule has 102 valence electrons. The molecule has 2 aromatic rings. The van der Waals surface area contributed by atoms with E-state index in [1.807, 2.05) is 12.3 Å². The van der Waals surface area contributed by atoms with Crippen molar-refractivity contribution in [2.24, 2.45) is 0 Å². The van der Waals surface area contributed by atoms with Gasteiger partial charge in [0.25, 0.3) is 5.91 Å². The zero-order valence-corrected chi connectivity index (χ0v) is 10.8. The van der Waals surface area contributed by atoms with Crippen molar-refractivity contribution in [3.05, 3.63) is 42.1 Å². The molecular formula is C13H17N3O3. The van der Waals surface area contributed by atoms with E-state index in [2.05, 4.69) is 10.4 Å². The van der Waals surface area contributed by atoms with Gasteiger partial charge in [-0.15, -0.1) is 0 Å². The molecule has 6 heteroatoms. The molecule has 1 amide bonds. The van der Waals surface area contributed by atoms with Gasteiger partial charge in [0.1, 0.15) is 5.76 Å². The summed E-state index contributed by atoms with van der Waals surface area (Å²) in [6.07, 6.45) is 4.32. The Morgan fingerprint density at radius 2 is 2.42 bits per heavy atom. The van der Waals surface area contributed by atoms with E-state index in [1.54, 1.807) is 30.1 Å². The minimum atomic E-state index is -0.206. The van der Waals surface area contributed by atoms with Gasteiger partial charge < -0.3 is 14.5 Å². The number of carbonyl (C=O) groups excluding carboxylic acids is 1. The van der Waals surface area contributed by atoms with E-state index in [4.69, 9.17) is 9.15 Å². The Balaban J connectivity index is 1.84. The summed E-state index contributed by atoms with van der Waals surface area (Å²) in [6.45, 7) is 1.72. The first kappa shape index (κ1) is 13.4. The number of carbonyl (C=O) groups is 1. The monoisotopic (exact) mass is 263 g/mol. The SMILES string of the molecule is COCCCNC(=O)c1ccc(Cn2cccn2)o1. The highest BCUT2D eigenvalue weighted by Crippen LogP contribution is 2.09. The number of methoxy groups -OCH3 is 1. The van der Waals surface area contributed by atoms with Gasteiger partial charge in [0, 0.05) is 32.7 Å². The fourth-order valence-electron chi connectivity index (χ4n) is 1.64. The maximum Gasteiger partial charge on any atom is 0.286 e. The summed E-state index contributed by atoms with van der Waals surface area (Å²) in [5.41, 5.74) is 0. The van der Waals surface area contributed by atoms with Crippen LogP contribution in [0.15, 0.2) is 35.0 Å². The number of amides is 1. The molecule has 0 unspecified atom stereocenters. The molecule has 0 aliphatic rings. The highest BCUT2D eigenvalue weighted by atomic mass is 16.5. The van der Waals surface area contributed by atoms with Gasteiger partial charge >= 0.3 is 0 Å². The largest absolute Gasteiger partial charge is 0.454 e. The first-order valence-electron chi connectivity index (χ1n) is 6.13. The molecule has 0 aliphatic carbocycles. The van der Waals surface area contributed by atoms with Crippen molar-refractivity contribution in [1.29, 1.82) is 0 Å². The lowest BCUT2D eigenvalue weighted by molar-refractivity contribution is 0.0919. The predicted molar refractivity (Wildman–Crippen MR) is 68.9 cm³/mol. The van der Waals surface area contributed by atoms with Gasteiger partial charge in [0.15, 0.2) is 5.76 Å². The molecule has 1 N–H and O–H groups in total. The van der Waals surface area contributed by atoms with Crippen LogP contribution in [0.1, 0.15) is 22.7 Å². The third-order valence-electron chi connectivity index (χ3n) is 2.57. The molecule has 0 bridgehead atoms. The molecule has 0 saturated heterocycles. The van der Waals surface area contributed by atoms with E-state index < -0.39 is 0 Å². The van der Waals surface area contributed by atoms with Crippen LogP contribution in [-0.2, 0) is 11.3 Å². The molecule has 0 fully saturated rings. The van der Waals surface area contributed by atoms with Gasteiger partial charge in [0.2, 0.25) is 0 Å². The molecule has 2 heterocycles. The minimum absolute atomic E-state index is 0.206. The maximum atomic E-state index is 11.8. The van der Waals surface area contributed by atoms with E-state index in [9.17, 15) is 4.79 Å². The lowest BCUT2D eigenvalue weighted by Gasteiger charge is -2.02. The molecule has 0 saturated carbocycles. The summed E-state index contributed by atoms with van der Waals surface area (Å²) < 4.78 is 12.1. The lowest BCUT2D eigenvalue weighted by Crippen LogP contribution is -2.24. The molecule has 2 rings (SSSR count). The van der Waals surface area contributed by atoms with Gasteiger partial charge in [0.05, 0.1) is 6.54 Å². The Labute approximate surface area is 111 Å². The van der Waals surface area contributed by atoms with E-state index >= 15 is 0 Å². The molecule has 19 heavy (non-hydrogen) atoms. The van der Waals surface area contributed by atoms with Gasteiger partial charge in [-0.3, -0.25) is 9.48 Å². The molecular weight excluding hydrogens is 246 g/mol. The molecule has 0 spiro atoms. The van der Waals surface area contributed by atoms with Crippen LogP contribution in [0.3, 0.4) is 0 Å². The second-order valence-corrected chi connectivity index (χ2v) is 4.07. The zero-order chi connectivity index (χ0) is 13.5. The molecule has 0 aromatic carbocycles. The van der Waals surface area contributed by atoms with Crippen LogP contribution in [0, 0.1) is 0 Å². The Morgan fingerprint density at radius 1 is 1.53 bits per heavy atom. The molecule has 0 radical (unpaired) electrons. The third kappa shape index (κ3) is 3.96. The summed E-state index contributed by atoms with van der Waals surface area (Å²) in [4.78, 5) is 11.8. The Kier molecular flexibility index (Phi) is 4.74. The summed E-state index contributed by atoms with van der Waals surface area (Å²) in [6, 6.07) is 5.29. The Morgan fingerprint density at radius 3 is 3.16 bits per heavy atom. The smallest absolute Gasteiger partial charge is 0.286 e. The number of furan rings is 1. The second-order valence-electron chi connectivity index (χ2n) is 4.07. The predicted octanol–water partition coefficient (Wildman–Crippen LogP) is 1.29. The normalized spacial score (nSPS) is 10.6. The fraction of sp³-hybridized carbons (Fsp3) is 0.385. The van der Waals surface area contributed by atoms with E-state index in [1.165, 1.54) is 0 Å². The van der Waals surface area contributed by atoms with Crippen LogP contribution >= 0.6 is 0 Å². The van der Waals surface area contributed by atoms with Crippen LogP contribution in [0.4, 0.5) is 0 Å². The number of hydrogen-bond donors (Lipinski definition) is 1. The maximum absolute atomic E-state index is 11.8. The number of nitrogens with one attached hydrogen (secondary N) is 1. The van der Waals surface area contributed by atoms with Crippen LogP contribution in [0.5, 0.6) is 0 Å². The topological polar surface area (TPSA) is 69.3 Å². The van der Waals surface area contributed by atoms with E-state index in [-0.39, 0.29) is 5.91 Å². The van der Waals surface area contributed by atoms with Crippen molar-refractivity contribution in [2.75, 3.05) is 20.3 Å². The van der Waals surface area contributed by atoms with Crippen LogP contribution in [0.2, 0.25) is 0 Å². The van der Waals surface area contributed by atoms with E-state index in [0.29, 0.717) is 31.2 Å². The second kappa shape index (κ2) is 6.75. The minimum Gasteiger partial charge on any atom is -0.454 e. The van der Waals surface area contributed by atoms with Gasteiger partial charge in [-0.05, 0) is 24.6 Å². The average molecular weight is 263 g/mol. The summed E-state index contributed by atoms with van der Waals surface area (Å²) in [5, 5.41) is 6.85. The van der Waals surface area contributed by atoms with E-state index in [0.717, 1.165) is 6.42 Å². The van der Waals surface area contributed by atoms with Gasteiger partial charge in [-0.2, -0.15) is 5.10 Å². The molecule has 0 aliphatic heterocycles. The first-order chi connectivity index (χ1) is 9.29. The van der Waals surface area contributed by atoms with Crippen LogP contribution in [-0.4, -0.2) is 35.9 Å². The number of ether oxygens (including phenoxy) is 1. The highest BCUT2D eigenvalue weighted by molar-refractivity contribution is 5.91. The van der Waals surface area contributed by atoms with Crippen molar-refractivity contribution >= 4 is 5.91 Å². The lowest BCUT2D eigenvalue weighted by atomic mass is 10.4. The molecule has 6 nitrogen and oxygen atoms in total. The van der Waals surface area contributed by atoms with Crippen LogP contribution in [0.25, 0.3) is 0 Å².